The maximum absolute atomic E-state index is 5.28. The topological polar surface area (TPSA) is 88.9 Å². The van der Waals surface area contributed by atoms with Gasteiger partial charge in [0.1, 0.15) is 6.17 Å². The zero-order valence-corrected chi connectivity index (χ0v) is 7.86. The van der Waals surface area contributed by atoms with Crippen molar-refractivity contribution in [2.45, 2.75) is 13.1 Å². The Morgan fingerprint density at radius 3 is 3.00 bits per heavy atom. The van der Waals surface area contributed by atoms with Crippen LogP contribution in [-0.2, 0) is 4.74 Å². The molecule has 0 aromatic rings. The van der Waals surface area contributed by atoms with E-state index in [1.807, 2.05) is 11.9 Å². The predicted molar refractivity (Wildman–Crippen MR) is 50.8 cm³/mol. The Morgan fingerprint density at radius 1 is 1.54 bits per heavy atom. The Hall–Kier alpha value is -0.850. The molecule has 0 amide bonds. The zero-order chi connectivity index (χ0) is 9.68. The van der Waals surface area contributed by atoms with Gasteiger partial charge in [-0.15, -0.1) is 0 Å². The number of nitrogens with two attached hydrogens (primary N) is 2. The smallest absolute Gasteiger partial charge is 0.187 e. The number of nitrogens with zero attached hydrogens (tertiary/aromatic N) is 2. The van der Waals surface area contributed by atoms with Gasteiger partial charge in [0.25, 0.3) is 0 Å². The summed E-state index contributed by atoms with van der Waals surface area (Å²) in [4.78, 5) is 4.02. The summed E-state index contributed by atoms with van der Waals surface area (Å²) in [5, 5.41) is 1.96. The maximum atomic E-state index is 5.28. The molecule has 1 atom stereocenters. The zero-order valence-electron chi connectivity index (χ0n) is 7.86. The van der Waals surface area contributed by atoms with Gasteiger partial charge in [-0.3, -0.25) is 5.43 Å². The summed E-state index contributed by atoms with van der Waals surface area (Å²) < 4.78 is 5.26. The first kappa shape index (κ1) is 10.2. The van der Waals surface area contributed by atoms with Gasteiger partial charge < -0.3 is 16.2 Å². The van der Waals surface area contributed by atoms with Crippen molar-refractivity contribution in [3.05, 3.63) is 0 Å². The molecule has 1 rings (SSSR count). The molecule has 0 aliphatic carbocycles. The van der Waals surface area contributed by atoms with E-state index in [0.29, 0.717) is 6.61 Å². The van der Waals surface area contributed by atoms with E-state index in [0.717, 1.165) is 19.7 Å². The van der Waals surface area contributed by atoms with Crippen molar-refractivity contribution in [3.8, 4) is 0 Å². The number of hydrogen-bond acceptors (Lipinski definition) is 4. The highest BCUT2D eigenvalue weighted by Gasteiger charge is 2.14. The van der Waals surface area contributed by atoms with Crippen molar-refractivity contribution < 1.29 is 4.74 Å². The second kappa shape index (κ2) is 5.00. The van der Waals surface area contributed by atoms with Gasteiger partial charge in [-0.2, -0.15) is 0 Å². The number of ether oxygens (including phenoxy) is 1. The Morgan fingerprint density at radius 2 is 2.31 bits per heavy atom. The van der Waals surface area contributed by atoms with Crippen molar-refractivity contribution in [1.29, 1.82) is 0 Å². The molecule has 0 spiro atoms. The van der Waals surface area contributed by atoms with Gasteiger partial charge in [0, 0.05) is 13.1 Å². The van der Waals surface area contributed by atoms with E-state index in [9.17, 15) is 0 Å². The average molecular weight is 187 g/mol. The van der Waals surface area contributed by atoms with E-state index >= 15 is 0 Å². The molecule has 0 aromatic heterocycles. The first-order valence-electron chi connectivity index (χ1n) is 4.37. The van der Waals surface area contributed by atoms with Crippen LogP contribution in [0.3, 0.4) is 0 Å². The molecule has 1 saturated heterocycles. The minimum absolute atomic E-state index is 0.0494. The first-order chi connectivity index (χ1) is 6.20. The van der Waals surface area contributed by atoms with Crippen LogP contribution >= 0.6 is 0 Å². The van der Waals surface area contributed by atoms with E-state index < -0.39 is 0 Å². The van der Waals surface area contributed by atoms with Crippen molar-refractivity contribution >= 4 is 5.96 Å². The Kier molecular flexibility index (Phi) is 3.94. The summed E-state index contributed by atoms with van der Waals surface area (Å²) >= 11 is 0. The van der Waals surface area contributed by atoms with Gasteiger partial charge >= 0.3 is 0 Å². The molecule has 1 aliphatic heterocycles. The predicted octanol–water partition coefficient (Wildman–Crippen LogP) is -1.56. The number of nitrogens with one attached hydrogen (secondary N) is 1. The summed E-state index contributed by atoms with van der Waals surface area (Å²) in [6.07, 6.45) is -0.0494. The fourth-order valence-corrected chi connectivity index (χ4v) is 1.21. The number of aliphatic imine (C=N–C) groups is 1. The molecular formula is C7H17N5O. The van der Waals surface area contributed by atoms with Crippen LogP contribution in [0.1, 0.15) is 6.92 Å². The lowest BCUT2D eigenvalue weighted by Crippen LogP contribution is -2.45. The molecular weight excluding hydrogens is 170 g/mol. The van der Waals surface area contributed by atoms with Crippen LogP contribution in [-0.4, -0.2) is 43.4 Å². The average Bonchev–Trinajstić information content (AvgIpc) is 2.29. The Bertz CT molecular complexity index is 172. The van der Waals surface area contributed by atoms with Gasteiger partial charge in [0.15, 0.2) is 5.96 Å². The quantitative estimate of drug-likeness (QED) is 0.359. The van der Waals surface area contributed by atoms with Crippen molar-refractivity contribution in [2.24, 2.45) is 16.5 Å². The lowest BCUT2D eigenvalue weighted by Gasteiger charge is -2.24. The summed E-state index contributed by atoms with van der Waals surface area (Å²) in [5.41, 5.74) is 13.7. The van der Waals surface area contributed by atoms with E-state index in [1.54, 1.807) is 0 Å². The minimum Gasteiger partial charge on any atom is -0.379 e. The third-order valence-electron chi connectivity index (χ3n) is 1.82. The standard InChI is InChI=1S/C7H17N5O/c1-6(11-7(8)9)12-3-5-13-4-2-10-12/h6,10H,2-5H2,1H3,(H4,8,9,11). The van der Waals surface area contributed by atoms with E-state index in [4.69, 9.17) is 16.2 Å². The molecule has 0 saturated carbocycles. The number of guanidine groups is 1. The number of hydrogen-bond donors (Lipinski definition) is 3. The van der Waals surface area contributed by atoms with Crippen LogP contribution in [0.25, 0.3) is 0 Å². The molecule has 6 nitrogen and oxygen atoms in total. The number of hydrazine groups is 1. The van der Waals surface area contributed by atoms with E-state index in [-0.39, 0.29) is 12.1 Å². The molecule has 1 fully saturated rings. The first-order valence-corrected chi connectivity index (χ1v) is 4.37. The number of rotatable bonds is 2. The minimum atomic E-state index is -0.0494. The van der Waals surface area contributed by atoms with Crippen molar-refractivity contribution in [1.82, 2.24) is 10.4 Å². The fraction of sp³-hybridized carbons (Fsp3) is 0.857. The van der Waals surface area contributed by atoms with Gasteiger partial charge in [-0.1, -0.05) is 0 Å². The summed E-state index contributed by atoms with van der Waals surface area (Å²) in [6.45, 7) is 4.95. The molecule has 1 unspecified atom stereocenters. The lowest BCUT2D eigenvalue weighted by atomic mass is 10.5. The molecule has 1 aliphatic rings. The van der Waals surface area contributed by atoms with E-state index in [2.05, 4.69) is 10.4 Å². The molecule has 0 radical (unpaired) electrons. The van der Waals surface area contributed by atoms with E-state index in [1.165, 1.54) is 0 Å². The molecule has 1 heterocycles. The monoisotopic (exact) mass is 187 g/mol. The largest absolute Gasteiger partial charge is 0.379 e. The molecule has 0 bridgehead atoms. The van der Waals surface area contributed by atoms with Crippen LogP contribution in [0.2, 0.25) is 0 Å². The summed E-state index contributed by atoms with van der Waals surface area (Å²) in [7, 11) is 0. The fourth-order valence-electron chi connectivity index (χ4n) is 1.21. The van der Waals surface area contributed by atoms with Crippen LogP contribution in [0.4, 0.5) is 0 Å². The summed E-state index contributed by atoms with van der Waals surface area (Å²) in [5.74, 6) is 0.111. The highest BCUT2D eigenvalue weighted by Crippen LogP contribution is 1.98. The second-order valence-electron chi connectivity index (χ2n) is 2.90. The third kappa shape index (κ3) is 3.58. The molecule has 6 heteroatoms. The molecule has 5 N–H and O–H groups in total. The third-order valence-corrected chi connectivity index (χ3v) is 1.82. The summed E-state index contributed by atoms with van der Waals surface area (Å²) in [6, 6.07) is 0. The van der Waals surface area contributed by atoms with Crippen molar-refractivity contribution in [2.75, 3.05) is 26.3 Å². The second-order valence-corrected chi connectivity index (χ2v) is 2.90. The van der Waals surface area contributed by atoms with Gasteiger partial charge in [0.2, 0.25) is 0 Å². The van der Waals surface area contributed by atoms with Crippen LogP contribution in [0.15, 0.2) is 4.99 Å². The molecule has 0 aromatic carbocycles. The Labute approximate surface area is 77.9 Å². The van der Waals surface area contributed by atoms with Gasteiger partial charge in [-0.25, -0.2) is 10.0 Å². The van der Waals surface area contributed by atoms with Crippen LogP contribution in [0.5, 0.6) is 0 Å². The van der Waals surface area contributed by atoms with Gasteiger partial charge in [-0.05, 0) is 6.92 Å². The highest BCUT2D eigenvalue weighted by atomic mass is 16.5. The Balaban J connectivity index is 2.43. The van der Waals surface area contributed by atoms with Crippen molar-refractivity contribution in [3.63, 3.8) is 0 Å². The molecule has 76 valence electrons. The normalized spacial score (nSPS) is 21.9. The highest BCUT2D eigenvalue weighted by molar-refractivity contribution is 5.75. The SMILES string of the molecule is CC(N=C(N)N)N1CCOCCN1. The molecule has 13 heavy (non-hydrogen) atoms. The maximum Gasteiger partial charge on any atom is 0.187 e. The van der Waals surface area contributed by atoms with Crippen LogP contribution in [0, 0.1) is 0 Å². The lowest BCUT2D eigenvalue weighted by molar-refractivity contribution is 0.123. The van der Waals surface area contributed by atoms with Gasteiger partial charge in [0.05, 0.1) is 13.2 Å². The van der Waals surface area contributed by atoms with Crippen LogP contribution < -0.4 is 16.9 Å².